The van der Waals surface area contributed by atoms with Crippen LogP contribution in [0.3, 0.4) is 0 Å². The first-order valence-corrected chi connectivity index (χ1v) is 7.49. The molecule has 0 saturated heterocycles. The van der Waals surface area contributed by atoms with Crippen molar-refractivity contribution in [2.45, 2.75) is 25.3 Å². The van der Waals surface area contributed by atoms with Crippen molar-refractivity contribution in [2.75, 3.05) is 7.11 Å². The van der Waals surface area contributed by atoms with Crippen molar-refractivity contribution >= 4 is 17.7 Å². The average Bonchev–Trinajstić information content (AvgIpc) is 3.33. The third kappa shape index (κ3) is 2.12. The number of ether oxygens (including phenoxy) is 1. The Balaban J connectivity index is 1.93. The van der Waals surface area contributed by atoms with E-state index in [9.17, 15) is 14.4 Å². The number of esters is 1. The molecule has 2 fully saturated rings. The van der Waals surface area contributed by atoms with Crippen LogP contribution >= 0.6 is 0 Å². The van der Waals surface area contributed by atoms with Gasteiger partial charge < -0.3 is 10.1 Å². The fraction of sp³-hybridized carbons (Fsp3) is 0.471. The van der Waals surface area contributed by atoms with Crippen LogP contribution in [-0.2, 0) is 14.3 Å². The van der Waals surface area contributed by atoms with Crippen LogP contribution in [0.4, 0.5) is 0 Å². The summed E-state index contributed by atoms with van der Waals surface area (Å²) in [4.78, 5) is 36.9. The molecule has 2 saturated carbocycles. The minimum absolute atomic E-state index is 0.119. The summed E-state index contributed by atoms with van der Waals surface area (Å²) in [5.74, 6) is -1.12. The fourth-order valence-electron chi connectivity index (χ4n) is 3.67. The van der Waals surface area contributed by atoms with Gasteiger partial charge in [-0.3, -0.25) is 9.59 Å². The number of fused-ring (bicyclic) bond motifs is 1. The van der Waals surface area contributed by atoms with Crippen LogP contribution in [0.1, 0.15) is 30.1 Å². The quantitative estimate of drug-likeness (QED) is 0.860. The van der Waals surface area contributed by atoms with Crippen LogP contribution in [0.5, 0.6) is 0 Å². The zero-order chi connectivity index (χ0) is 15.9. The second kappa shape index (κ2) is 5.23. The molecule has 1 N–H and O–H groups in total. The number of hydrogen-bond acceptors (Lipinski definition) is 4. The van der Waals surface area contributed by atoms with E-state index in [-0.39, 0.29) is 29.4 Å². The number of carbonyl (C=O) groups is 3. The van der Waals surface area contributed by atoms with Gasteiger partial charge in [0.05, 0.1) is 7.11 Å². The molecule has 0 aliphatic heterocycles. The SMILES string of the molecule is COC(=O)[C@@]1(NC(=O)c2ccccc2)[C@H](C)CC(=O)[C@@H]2C[C@@H]21. The van der Waals surface area contributed by atoms with Crippen LogP contribution in [0.15, 0.2) is 30.3 Å². The molecule has 0 unspecified atom stereocenters. The van der Waals surface area contributed by atoms with Gasteiger partial charge in [-0.2, -0.15) is 0 Å². The van der Waals surface area contributed by atoms with E-state index in [2.05, 4.69) is 5.32 Å². The monoisotopic (exact) mass is 301 g/mol. The first-order chi connectivity index (χ1) is 10.5. The van der Waals surface area contributed by atoms with Gasteiger partial charge in [0.2, 0.25) is 0 Å². The summed E-state index contributed by atoms with van der Waals surface area (Å²) in [6.07, 6.45) is 0.943. The molecule has 5 nitrogen and oxygen atoms in total. The van der Waals surface area contributed by atoms with E-state index in [0.29, 0.717) is 18.4 Å². The van der Waals surface area contributed by atoms with Crippen LogP contribution in [0.25, 0.3) is 0 Å². The van der Waals surface area contributed by atoms with Crippen LogP contribution in [-0.4, -0.2) is 30.3 Å². The summed E-state index contributed by atoms with van der Waals surface area (Å²) in [6.45, 7) is 1.83. The highest BCUT2D eigenvalue weighted by molar-refractivity contribution is 6.00. The standard InChI is InChI=1S/C17H19NO4/c1-10-8-14(19)12-9-13(12)17(10,16(21)22-2)18-15(20)11-6-4-3-5-7-11/h3-7,10,12-13H,8-9H2,1-2H3,(H,18,20)/t10-,12-,13+,17-/m1/s1. The average molecular weight is 301 g/mol. The van der Waals surface area contributed by atoms with Crippen molar-refractivity contribution in [1.29, 1.82) is 0 Å². The predicted molar refractivity (Wildman–Crippen MR) is 79.0 cm³/mol. The normalized spacial score (nSPS) is 32.8. The summed E-state index contributed by atoms with van der Waals surface area (Å²) >= 11 is 0. The molecule has 1 amide bonds. The topological polar surface area (TPSA) is 72.5 Å². The molecule has 0 bridgehead atoms. The Morgan fingerprint density at radius 3 is 2.59 bits per heavy atom. The van der Waals surface area contributed by atoms with Gasteiger partial charge in [0.1, 0.15) is 11.3 Å². The summed E-state index contributed by atoms with van der Waals surface area (Å²) in [5.41, 5.74) is -0.604. The van der Waals surface area contributed by atoms with Crippen molar-refractivity contribution in [3.8, 4) is 0 Å². The molecule has 0 heterocycles. The van der Waals surface area contributed by atoms with Gasteiger partial charge in [-0.15, -0.1) is 0 Å². The number of amides is 1. The van der Waals surface area contributed by atoms with Gasteiger partial charge in [0.15, 0.2) is 0 Å². The van der Waals surface area contributed by atoms with Gasteiger partial charge in [0.25, 0.3) is 5.91 Å². The predicted octanol–water partition coefficient (Wildman–Crippen LogP) is 1.57. The molecule has 0 radical (unpaired) electrons. The van der Waals surface area contributed by atoms with Crippen molar-refractivity contribution in [1.82, 2.24) is 5.32 Å². The fourth-order valence-corrected chi connectivity index (χ4v) is 3.67. The molecule has 22 heavy (non-hydrogen) atoms. The van der Waals surface area contributed by atoms with E-state index >= 15 is 0 Å². The summed E-state index contributed by atoms with van der Waals surface area (Å²) in [6, 6.07) is 8.76. The van der Waals surface area contributed by atoms with Gasteiger partial charge in [-0.05, 0) is 24.5 Å². The van der Waals surface area contributed by atoms with E-state index < -0.39 is 11.5 Å². The molecular weight excluding hydrogens is 282 g/mol. The van der Waals surface area contributed by atoms with Crippen molar-refractivity contribution in [3.05, 3.63) is 35.9 Å². The smallest absolute Gasteiger partial charge is 0.332 e. The molecule has 0 aromatic heterocycles. The molecule has 116 valence electrons. The molecule has 1 aromatic rings. The second-order valence-electron chi connectivity index (χ2n) is 6.20. The van der Waals surface area contributed by atoms with Gasteiger partial charge >= 0.3 is 5.97 Å². The highest BCUT2D eigenvalue weighted by Crippen LogP contribution is 2.55. The number of nitrogens with one attached hydrogen (secondary N) is 1. The number of rotatable bonds is 3. The Morgan fingerprint density at radius 1 is 1.27 bits per heavy atom. The number of hydrogen-bond donors (Lipinski definition) is 1. The maximum atomic E-state index is 12.5. The van der Waals surface area contributed by atoms with Gasteiger partial charge in [0, 0.05) is 23.8 Å². The molecule has 0 spiro atoms. The Bertz CT molecular complexity index is 623. The van der Waals surface area contributed by atoms with Crippen LogP contribution in [0.2, 0.25) is 0 Å². The van der Waals surface area contributed by atoms with Gasteiger partial charge in [-0.25, -0.2) is 4.79 Å². The lowest BCUT2D eigenvalue weighted by Gasteiger charge is -2.40. The van der Waals surface area contributed by atoms with E-state index in [0.717, 1.165) is 0 Å². The largest absolute Gasteiger partial charge is 0.467 e. The maximum Gasteiger partial charge on any atom is 0.332 e. The molecule has 2 aliphatic carbocycles. The number of benzene rings is 1. The third-order valence-corrected chi connectivity index (χ3v) is 4.95. The first kappa shape index (κ1) is 14.8. The molecule has 2 aliphatic rings. The Kier molecular flexibility index (Phi) is 3.51. The summed E-state index contributed by atoms with van der Waals surface area (Å²) in [5, 5.41) is 2.90. The minimum atomic E-state index is -1.10. The number of methoxy groups -OCH3 is 1. The van der Waals surface area contributed by atoms with E-state index in [1.807, 2.05) is 13.0 Å². The third-order valence-electron chi connectivity index (χ3n) is 4.95. The highest BCUT2D eigenvalue weighted by atomic mass is 16.5. The Morgan fingerprint density at radius 2 is 1.95 bits per heavy atom. The lowest BCUT2D eigenvalue weighted by Crippen LogP contribution is -2.63. The van der Waals surface area contributed by atoms with Gasteiger partial charge in [-0.1, -0.05) is 25.1 Å². The van der Waals surface area contributed by atoms with E-state index in [4.69, 9.17) is 4.74 Å². The second-order valence-corrected chi connectivity index (χ2v) is 6.20. The van der Waals surface area contributed by atoms with Crippen LogP contribution in [0, 0.1) is 17.8 Å². The van der Waals surface area contributed by atoms with E-state index in [1.165, 1.54) is 7.11 Å². The number of carbonyl (C=O) groups excluding carboxylic acids is 3. The Hall–Kier alpha value is -2.17. The van der Waals surface area contributed by atoms with Crippen molar-refractivity contribution in [2.24, 2.45) is 17.8 Å². The number of Topliss-reactive ketones (excluding diaryl/α,β-unsaturated/α-hetero) is 1. The highest BCUT2D eigenvalue weighted by Gasteiger charge is 2.66. The summed E-state index contributed by atoms with van der Waals surface area (Å²) < 4.78 is 4.97. The molecule has 5 heteroatoms. The number of ketones is 1. The Labute approximate surface area is 129 Å². The van der Waals surface area contributed by atoms with Crippen molar-refractivity contribution in [3.63, 3.8) is 0 Å². The van der Waals surface area contributed by atoms with Crippen molar-refractivity contribution < 1.29 is 19.1 Å². The zero-order valence-electron chi connectivity index (χ0n) is 12.7. The molecular formula is C17H19NO4. The summed E-state index contributed by atoms with van der Waals surface area (Å²) in [7, 11) is 1.32. The minimum Gasteiger partial charge on any atom is -0.467 e. The lowest BCUT2D eigenvalue weighted by molar-refractivity contribution is -0.154. The maximum absolute atomic E-state index is 12.5. The van der Waals surface area contributed by atoms with Crippen LogP contribution < -0.4 is 5.32 Å². The zero-order valence-corrected chi connectivity index (χ0v) is 12.7. The first-order valence-electron chi connectivity index (χ1n) is 7.49. The molecule has 1 aromatic carbocycles. The molecule has 3 rings (SSSR count). The molecule has 4 atom stereocenters. The van der Waals surface area contributed by atoms with E-state index in [1.54, 1.807) is 24.3 Å². The lowest BCUT2D eigenvalue weighted by atomic mass is 9.72.